The van der Waals surface area contributed by atoms with Gasteiger partial charge < -0.3 is 15.3 Å². The molecule has 3 rings (SSSR count). The second-order valence-electron chi connectivity index (χ2n) is 5.39. The van der Waals surface area contributed by atoms with Crippen molar-refractivity contribution in [3.05, 3.63) is 41.2 Å². The highest BCUT2D eigenvalue weighted by atomic mass is 35.5. The largest absolute Gasteiger partial charge is 0.444 e. The molecular weight excluding hydrogens is 306 g/mol. The number of carbonyl (C=O) groups excluding carboxylic acids is 1. The van der Waals surface area contributed by atoms with Crippen molar-refractivity contribution in [1.29, 1.82) is 0 Å². The molecule has 1 aromatic carbocycles. The van der Waals surface area contributed by atoms with Crippen LogP contribution in [0.4, 0.5) is 0 Å². The van der Waals surface area contributed by atoms with Crippen LogP contribution >= 0.6 is 11.6 Å². The average molecular weight is 322 g/mol. The van der Waals surface area contributed by atoms with Crippen LogP contribution in [0.1, 0.15) is 12.1 Å². The second kappa shape index (κ2) is 6.08. The molecule has 22 heavy (non-hydrogen) atoms. The van der Waals surface area contributed by atoms with Crippen molar-refractivity contribution in [2.24, 2.45) is 5.73 Å². The number of nitrogens with two attached hydrogens (primary N) is 1. The SMILES string of the molecule is NC(=O)[C@@H]1C[C@H](O)CN1Cc1coc(-c2cccc(Cl)c2)n1. The third-order valence-corrected chi connectivity index (χ3v) is 3.93. The Balaban J connectivity index is 1.76. The number of carbonyl (C=O) groups is 1. The van der Waals surface area contributed by atoms with E-state index in [1.54, 1.807) is 18.4 Å². The van der Waals surface area contributed by atoms with Gasteiger partial charge in [0.05, 0.1) is 17.8 Å². The Kier molecular flexibility index (Phi) is 4.15. The van der Waals surface area contributed by atoms with E-state index in [0.717, 1.165) is 5.56 Å². The van der Waals surface area contributed by atoms with Gasteiger partial charge >= 0.3 is 0 Å². The van der Waals surface area contributed by atoms with E-state index in [4.69, 9.17) is 21.8 Å². The first-order valence-electron chi connectivity index (χ1n) is 6.94. The molecule has 1 fully saturated rings. The highest BCUT2D eigenvalue weighted by Gasteiger charge is 2.35. The summed E-state index contributed by atoms with van der Waals surface area (Å²) in [4.78, 5) is 17.6. The number of β-amino-alcohol motifs (C(OH)–C–C–N with tert-alkyl or cyclic N) is 1. The molecule has 0 unspecified atom stereocenters. The first-order chi connectivity index (χ1) is 10.5. The number of hydrogen-bond donors (Lipinski definition) is 2. The van der Waals surface area contributed by atoms with E-state index in [9.17, 15) is 9.90 Å². The van der Waals surface area contributed by atoms with Crippen LogP contribution in [0, 0.1) is 0 Å². The summed E-state index contributed by atoms with van der Waals surface area (Å²) in [5.41, 5.74) is 6.83. The predicted molar refractivity (Wildman–Crippen MR) is 81.0 cm³/mol. The number of oxazole rings is 1. The van der Waals surface area contributed by atoms with Crippen LogP contribution < -0.4 is 5.73 Å². The number of nitrogens with zero attached hydrogens (tertiary/aromatic N) is 2. The van der Waals surface area contributed by atoms with E-state index >= 15 is 0 Å². The number of primary amides is 1. The third-order valence-electron chi connectivity index (χ3n) is 3.70. The lowest BCUT2D eigenvalue weighted by Gasteiger charge is -2.19. The Morgan fingerprint density at radius 3 is 3.09 bits per heavy atom. The monoisotopic (exact) mass is 321 g/mol. The van der Waals surface area contributed by atoms with Gasteiger partial charge in [-0.1, -0.05) is 17.7 Å². The number of benzene rings is 1. The molecule has 1 aromatic heterocycles. The lowest BCUT2D eigenvalue weighted by molar-refractivity contribution is -0.122. The summed E-state index contributed by atoms with van der Waals surface area (Å²) in [7, 11) is 0. The van der Waals surface area contributed by atoms with Gasteiger partial charge in [0.1, 0.15) is 6.26 Å². The summed E-state index contributed by atoms with van der Waals surface area (Å²) in [6.07, 6.45) is 1.35. The number of likely N-dealkylation sites (tertiary alicyclic amines) is 1. The predicted octanol–water partition coefficient (Wildman–Crippen LogP) is 1.42. The van der Waals surface area contributed by atoms with E-state index in [1.165, 1.54) is 0 Å². The highest BCUT2D eigenvalue weighted by Crippen LogP contribution is 2.24. The van der Waals surface area contributed by atoms with Crippen LogP contribution in [0.25, 0.3) is 11.5 Å². The molecule has 1 saturated heterocycles. The maximum absolute atomic E-state index is 11.4. The minimum Gasteiger partial charge on any atom is -0.444 e. The zero-order valence-electron chi connectivity index (χ0n) is 11.8. The van der Waals surface area contributed by atoms with E-state index in [0.29, 0.717) is 36.1 Å². The summed E-state index contributed by atoms with van der Waals surface area (Å²) >= 11 is 5.95. The zero-order chi connectivity index (χ0) is 15.7. The minimum absolute atomic E-state index is 0.355. The van der Waals surface area contributed by atoms with E-state index < -0.39 is 18.1 Å². The lowest BCUT2D eigenvalue weighted by atomic mass is 10.2. The lowest BCUT2D eigenvalue weighted by Crippen LogP contribution is -2.39. The maximum atomic E-state index is 11.4. The number of aliphatic hydroxyl groups is 1. The number of halogens is 1. The number of aliphatic hydroxyl groups excluding tert-OH is 1. The summed E-state index contributed by atoms with van der Waals surface area (Å²) in [5.74, 6) is 0.0305. The zero-order valence-corrected chi connectivity index (χ0v) is 12.5. The maximum Gasteiger partial charge on any atom is 0.234 e. The normalized spacial score (nSPS) is 22.1. The molecule has 3 N–H and O–H groups in total. The molecule has 2 heterocycles. The van der Waals surface area contributed by atoms with E-state index in [2.05, 4.69) is 4.98 Å². The van der Waals surface area contributed by atoms with Gasteiger partial charge in [-0.05, 0) is 24.6 Å². The molecule has 6 nitrogen and oxygen atoms in total. The molecule has 2 atom stereocenters. The fraction of sp³-hybridized carbons (Fsp3) is 0.333. The molecule has 0 aliphatic carbocycles. The number of hydrogen-bond acceptors (Lipinski definition) is 5. The smallest absolute Gasteiger partial charge is 0.234 e. The van der Waals surface area contributed by atoms with Crippen molar-refractivity contribution in [2.45, 2.75) is 25.1 Å². The van der Waals surface area contributed by atoms with E-state index in [1.807, 2.05) is 17.0 Å². The number of amides is 1. The molecule has 116 valence electrons. The molecule has 2 aromatic rings. The Morgan fingerprint density at radius 1 is 1.55 bits per heavy atom. The van der Waals surface area contributed by atoms with Crippen LogP contribution in [0.15, 0.2) is 34.9 Å². The fourth-order valence-corrected chi connectivity index (χ4v) is 2.88. The van der Waals surface area contributed by atoms with Gasteiger partial charge in [0.25, 0.3) is 0 Å². The Morgan fingerprint density at radius 2 is 2.36 bits per heavy atom. The number of aromatic nitrogens is 1. The van der Waals surface area contributed by atoms with Gasteiger partial charge in [0, 0.05) is 23.7 Å². The summed E-state index contributed by atoms with van der Waals surface area (Å²) in [5, 5.41) is 10.3. The quantitative estimate of drug-likeness (QED) is 0.888. The molecule has 1 amide bonds. The average Bonchev–Trinajstić information content (AvgIpc) is 3.06. The molecule has 0 radical (unpaired) electrons. The molecule has 1 aliphatic heterocycles. The first-order valence-corrected chi connectivity index (χ1v) is 7.32. The van der Waals surface area contributed by atoms with Crippen molar-refractivity contribution in [1.82, 2.24) is 9.88 Å². The summed E-state index contributed by atoms with van der Waals surface area (Å²) in [6.45, 7) is 0.793. The first kappa shape index (κ1) is 15.0. The Hall–Kier alpha value is -1.89. The van der Waals surface area contributed by atoms with Gasteiger partial charge in [0.15, 0.2) is 0 Å². The van der Waals surface area contributed by atoms with Gasteiger partial charge in [-0.25, -0.2) is 4.98 Å². The molecule has 0 saturated carbocycles. The molecule has 0 spiro atoms. The Bertz CT molecular complexity index is 688. The van der Waals surface area contributed by atoms with E-state index in [-0.39, 0.29) is 0 Å². The highest BCUT2D eigenvalue weighted by molar-refractivity contribution is 6.30. The molecule has 7 heteroatoms. The molecule has 1 aliphatic rings. The minimum atomic E-state index is -0.545. The third kappa shape index (κ3) is 3.14. The van der Waals surface area contributed by atoms with Gasteiger partial charge in [-0.2, -0.15) is 0 Å². The molecule has 0 bridgehead atoms. The Labute approximate surface area is 132 Å². The van der Waals surface area contributed by atoms with Crippen LogP contribution in [-0.2, 0) is 11.3 Å². The topological polar surface area (TPSA) is 92.6 Å². The van der Waals surface area contributed by atoms with Crippen LogP contribution in [0.3, 0.4) is 0 Å². The van der Waals surface area contributed by atoms with Crippen molar-refractivity contribution in [3.8, 4) is 11.5 Å². The van der Waals surface area contributed by atoms with Crippen LogP contribution in [-0.4, -0.2) is 39.6 Å². The summed E-state index contributed by atoms with van der Waals surface area (Å²) in [6, 6.07) is 6.75. The fourth-order valence-electron chi connectivity index (χ4n) is 2.69. The van der Waals surface area contributed by atoms with Crippen molar-refractivity contribution in [3.63, 3.8) is 0 Å². The van der Waals surface area contributed by atoms with Crippen LogP contribution in [0.5, 0.6) is 0 Å². The standard InChI is InChI=1S/C15H16ClN3O3/c16-10-3-1-2-9(4-10)15-18-11(8-22-15)6-19-7-12(20)5-13(19)14(17)21/h1-4,8,12-13,20H,5-7H2,(H2,17,21)/t12-,13-/m0/s1. The van der Waals surface area contributed by atoms with Gasteiger partial charge in [-0.3, -0.25) is 9.69 Å². The van der Waals surface area contributed by atoms with Crippen molar-refractivity contribution < 1.29 is 14.3 Å². The van der Waals surface area contributed by atoms with Gasteiger partial charge in [0.2, 0.25) is 11.8 Å². The van der Waals surface area contributed by atoms with Crippen LogP contribution in [0.2, 0.25) is 5.02 Å². The number of rotatable bonds is 4. The summed E-state index contributed by atoms with van der Waals surface area (Å²) < 4.78 is 5.46. The van der Waals surface area contributed by atoms with Crippen molar-refractivity contribution >= 4 is 17.5 Å². The van der Waals surface area contributed by atoms with Gasteiger partial charge in [-0.15, -0.1) is 0 Å². The molecular formula is C15H16ClN3O3. The van der Waals surface area contributed by atoms with Crippen molar-refractivity contribution in [2.75, 3.05) is 6.54 Å². The second-order valence-corrected chi connectivity index (χ2v) is 5.83.